The third-order valence-corrected chi connectivity index (χ3v) is 2.90. The molecule has 0 amide bonds. The zero-order chi connectivity index (χ0) is 13.5. The molecule has 0 aromatic heterocycles. The number of carbonyl (C=O) groups excluding carboxylic acids is 1. The number of carbonyl (C=O) groups is 1. The molecule has 100 valence electrons. The smallest absolute Gasteiger partial charge is 0.328 e. The van der Waals surface area contributed by atoms with E-state index in [0.29, 0.717) is 18.9 Å². The molecule has 0 aliphatic carbocycles. The van der Waals surface area contributed by atoms with E-state index in [0.717, 1.165) is 5.69 Å². The van der Waals surface area contributed by atoms with E-state index in [9.17, 15) is 4.79 Å². The van der Waals surface area contributed by atoms with Gasteiger partial charge in [-0.2, -0.15) is 0 Å². The molecule has 0 radical (unpaired) electrons. The highest BCUT2D eigenvalue weighted by molar-refractivity contribution is 5.79. The summed E-state index contributed by atoms with van der Waals surface area (Å²) in [7, 11) is 0. The number of benzene rings is 1. The van der Waals surface area contributed by atoms with E-state index in [2.05, 4.69) is 31.3 Å². The van der Waals surface area contributed by atoms with Gasteiger partial charge in [-0.15, -0.1) is 0 Å². The maximum absolute atomic E-state index is 11.7. The van der Waals surface area contributed by atoms with E-state index in [1.54, 1.807) is 0 Å². The molecule has 0 aliphatic heterocycles. The standard InChI is InChI=1S/C15H23NO2/c1-5-14(15(17)18-6-2)16-13-9-7-12(8-10-13)11(3)4/h7-11,14,16H,5-6H2,1-4H3. The van der Waals surface area contributed by atoms with Gasteiger partial charge in [0.15, 0.2) is 0 Å². The quantitative estimate of drug-likeness (QED) is 0.783. The van der Waals surface area contributed by atoms with Crippen molar-refractivity contribution in [3.05, 3.63) is 29.8 Å². The minimum absolute atomic E-state index is 0.187. The molecule has 18 heavy (non-hydrogen) atoms. The van der Waals surface area contributed by atoms with Crippen LogP contribution in [-0.4, -0.2) is 18.6 Å². The second-order valence-corrected chi connectivity index (χ2v) is 4.63. The molecule has 0 saturated carbocycles. The summed E-state index contributed by atoms with van der Waals surface area (Å²) in [5.41, 5.74) is 2.25. The number of hydrogen-bond acceptors (Lipinski definition) is 3. The maximum Gasteiger partial charge on any atom is 0.328 e. The fourth-order valence-corrected chi connectivity index (χ4v) is 1.74. The average molecular weight is 249 g/mol. The Morgan fingerprint density at radius 3 is 2.28 bits per heavy atom. The number of hydrogen-bond donors (Lipinski definition) is 1. The number of anilines is 1. The molecule has 0 spiro atoms. The predicted molar refractivity (Wildman–Crippen MR) is 74.9 cm³/mol. The highest BCUT2D eigenvalue weighted by atomic mass is 16.5. The lowest BCUT2D eigenvalue weighted by molar-refractivity contribution is -0.144. The largest absolute Gasteiger partial charge is 0.464 e. The van der Waals surface area contributed by atoms with E-state index in [-0.39, 0.29) is 12.0 Å². The van der Waals surface area contributed by atoms with Crippen LogP contribution in [0.4, 0.5) is 5.69 Å². The van der Waals surface area contributed by atoms with Crippen molar-refractivity contribution in [2.45, 2.75) is 46.1 Å². The summed E-state index contributed by atoms with van der Waals surface area (Å²) >= 11 is 0. The van der Waals surface area contributed by atoms with Crippen LogP contribution < -0.4 is 5.32 Å². The number of nitrogens with one attached hydrogen (secondary N) is 1. The van der Waals surface area contributed by atoms with Gasteiger partial charge < -0.3 is 10.1 Å². The first-order valence-corrected chi connectivity index (χ1v) is 6.61. The van der Waals surface area contributed by atoms with E-state index in [4.69, 9.17) is 4.74 Å². The summed E-state index contributed by atoms with van der Waals surface area (Å²) in [6.07, 6.45) is 0.713. The van der Waals surface area contributed by atoms with Crippen molar-refractivity contribution in [2.75, 3.05) is 11.9 Å². The Balaban J connectivity index is 2.67. The van der Waals surface area contributed by atoms with E-state index < -0.39 is 0 Å². The summed E-state index contributed by atoms with van der Waals surface area (Å²) in [6.45, 7) is 8.54. The van der Waals surface area contributed by atoms with Crippen LogP contribution in [0.2, 0.25) is 0 Å². The second-order valence-electron chi connectivity index (χ2n) is 4.63. The van der Waals surface area contributed by atoms with Gasteiger partial charge in [-0.1, -0.05) is 32.9 Å². The molecule has 0 fully saturated rings. The minimum Gasteiger partial charge on any atom is -0.464 e. The van der Waals surface area contributed by atoms with Crippen LogP contribution in [0.1, 0.15) is 45.6 Å². The van der Waals surface area contributed by atoms with Gasteiger partial charge in [0.2, 0.25) is 0 Å². The average Bonchev–Trinajstić information content (AvgIpc) is 2.36. The lowest BCUT2D eigenvalue weighted by Gasteiger charge is -2.17. The summed E-state index contributed by atoms with van der Waals surface area (Å²) in [6, 6.07) is 7.93. The molecular weight excluding hydrogens is 226 g/mol. The van der Waals surface area contributed by atoms with Crippen LogP contribution in [0.15, 0.2) is 24.3 Å². The second kappa shape index (κ2) is 7.04. The summed E-state index contributed by atoms with van der Waals surface area (Å²) in [4.78, 5) is 11.7. The first-order valence-electron chi connectivity index (χ1n) is 6.61. The molecular formula is C15H23NO2. The summed E-state index contributed by atoms with van der Waals surface area (Å²) in [5, 5.41) is 3.20. The molecule has 0 bridgehead atoms. The number of ether oxygens (including phenoxy) is 1. The van der Waals surface area contributed by atoms with Crippen LogP contribution in [0.3, 0.4) is 0 Å². The van der Waals surface area contributed by atoms with E-state index in [1.807, 2.05) is 26.0 Å². The molecule has 3 nitrogen and oxygen atoms in total. The Morgan fingerprint density at radius 2 is 1.83 bits per heavy atom. The molecule has 1 atom stereocenters. The van der Waals surface area contributed by atoms with Crippen molar-refractivity contribution >= 4 is 11.7 Å². The van der Waals surface area contributed by atoms with Gasteiger partial charge in [0, 0.05) is 5.69 Å². The first kappa shape index (κ1) is 14.6. The van der Waals surface area contributed by atoms with Crippen LogP contribution >= 0.6 is 0 Å². The van der Waals surface area contributed by atoms with E-state index in [1.165, 1.54) is 5.56 Å². The summed E-state index contributed by atoms with van der Waals surface area (Å²) < 4.78 is 5.03. The highest BCUT2D eigenvalue weighted by Crippen LogP contribution is 2.18. The van der Waals surface area contributed by atoms with Gasteiger partial charge in [0.1, 0.15) is 6.04 Å². The zero-order valence-electron chi connectivity index (χ0n) is 11.7. The highest BCUT2D eigenvalue weighted by Gasteiger charge is 2.16. The topological polar surface area (TPSA) is 38.3 Å². The molecule has 1 N–H and O–H groups in total. The maximum atomic E-state index is 11.7. The monoisotopic (exact) mass is 249 g/mol. The van der Waals surface area contributed by atoms with Gasteiger partial charge in [0.25, 0.3) is 0 Å². The molecule has 3 heteroatoms. The Morgan fingerprint density at radius 1 is 1.22 bits per heavy atom. The van der Waals surface area contributed by atoms with Crippen LogP contribution in [0, 0.1) is 0 Å². The Hall–Kier alpha value is -1.51. The SMILES string of the molecule is CCOC(=O)C(CC)Nc1ccc(C(C)C)cc1. The van der Waals surface area contributed by atoms with Crippen molar-refractivity contribution in [1.29, 1.82) is 0 Å². The Kier molecular flexibility index (Phi) is 5.69. The van der Waals surface area contributed by atoms with Crippen LogP contribution in [-0.2, 0) is 9.53 Å². The van der Waals surface area contributed by atoms with E-state index >= 15 is 0 Å². The van der Waals surface area contributed by atoms with Crippen molar-refractivity contribution in [3.8, 4) is 0 Å². The molecule has 0 heterocycles. The predicted octanol–water partition coefficient (Wildman–Crippen LogP) is 3.56. The Bertz CT molecular complexity index is 371. The lowest BCUT2D eigenvalue weighted by Crippen LogP contribution is -2.30. The van der Waals surface area contributed by atoms with Gasteiger partial charge in [-0.05, 0) is 37.0 Å². The minimum atomic E-state index is -0.269. The molecule has 1 rings (SSSR count). The molecule has 0 saturated heterocycles. The fourth-order valence-electron chi connectivity index (χ4n) is 1.74. The third-order valence-electron chi connectivity index (χ3n) is 2.90. The van der Waals surface area contributed by atoms with Crippen molar-refractivity contribution in [3.63, 3.8) is 0 Å². The number of esters is 1. The van der Waals surface area contributed by atoms with Gasteiger partial charge in [-0.3, -0.25) is 0 Å². The van der Waals surface area contributed by atoms with Crippen molar-refractivity contribution in [2.24, 2.45) is 0 Å². The lowest BCUT2D eigenvalue weighted by atomic mass is 10.0. The molecule has 1 aromatic rings. The van der Waals surface area contributed by atoms with Crippen LogP contribution in [0.5, 0.6) is 0 Å². The van der Waals surface area contributed by atoms with Crippen molar-refractivity contribution in [1.82, 2.24) is 0 Å². The molecule has 1 unspecified atom stereocenters. The van der Waals surface area contributed by atoms with Gasteiger partial charge in [0.05, 0.1) is 6.61 Å². The van der Waals surface area contributed by atoms with Gasteiger partial charge >= 0.3 is 5.97 Å². The van der Waals surface area contributed by atoms with Crippen molar-refractivity contribution < 1.29 is 9.53 Å². The first-order chi connectivity index (χ1) is 8.58. The van der Waals surface area contributed by atoms with Gasteiger partial charge in [-0.25, -0.2) is 4.79 Å². The number of rotatable bonds is 6. The third kappa shape index (κ3) is 4.06. The summed E-state index contributed by atoms with van der Waals surface area (Å²) in [5.74, 6) is 0.332. The Labute approximate surface area is 110 Å². The normalized spacial score (nSPS) is 12.3. The van der Waals surface area contributed by atoms with Crippen LogP contribution in [0.25, 0.3) is 0 Å². The molecule has 0 aliphatic rings. The zero-order valence-corrected chi connectivity index (χ0v) is 11.7. The fraction of sp³-hybridized carbons (Fsp3) is 0.533. The molecule has 1 aromatic carbocycles.